The van der Waals surface area contributed by atoms with Crippen LogP contribution in [0.4, 0.5) is 0 Å². The van der Waals surface area contributed by atoms with Gasteiger partial charge in [-0.2, -0.15) is 5.10 Å². The lowest BCUT2D eigenvalue weighted by molar-refractivity contribution is 0.0926. The molecule has 112 valence electrons. The van der Waals surface area contributed by atoms with Crippen LogP contribution in [0.15, 0.2) is 12.4 Å². The Morgan fingerprint density at radius 1 is 1.50 bits per heavy atom. The van der Waals surface area contributed by atoms with Gasteiger partial charge in [-0.3, -0.25) is 9.48 Å². The highest BCUT2D eigenvalue weighted by Gasteiger charge is 2.19. The number of carbonyl (C=O) groups is 1. The number of ether oxygens (including phenoxy) is 1. The van der Waals surface area contributed by atoms with Crippen LogP contribution >= 0.6 is 0 Å². The van der Waals surface area contributed by atoms with Crippen LogP contribution in [0.5, 0.6) is 0 Å². The Morgan fingerprint density at radius 3 is 2.85 bits per heavy atom. The van der Waals surface area contributed by atoms with Gasteiger partial charge in [0.1, 0.15) is 0 Å². The van der Waals surface area contributed by atoms with Crippen molar-refractivity contribution in [3.8, 4) is 0 Å². The molecule has 1 aliphatic heterocycles. The van der Waals surface area contributed by atoms with Crippen molar-refractivity contribution in [1.29, 1.82) is 0 Å². The van der Waals surface area contributed by atoms with Crippen molar-refractivity contribution < 1.29 is 9.53 Å². The van der Waals surface area contributed by atoms with Crippen molar-refractivity contribution in [2.45, 2.75) is 12.8 Å². The van der Waals surface area contributed by atoms with E-state index in [2.05, 4.69) is 15.3 Å². The molecule has 6 heteroatoms. The summed E-state index contributed by atoms with van der Waals surface area (Å²) in [5.41, 5.74) is 0.630. The second-order valence-corrected chi connectivity index (χ2v) is 5.39. The third-order valence-electron chi connectivity index (χ3n) is 3.84. The van der Waals surface area contributed by atoms with Gasteiger partial charge in [0.05, 0.1) is 18.4 Å². The van der Waals surface area contributed by atoms with E-state index < -0.39 is 0 Å². The molecule has 20 heavy (non-hydrogen) atoms. The second kappa shape index (κ2) is 7.40. The number of rotatable bonds is 6. The number of carbonyl (C=O) groups excluding carboxylic acids is 1. The maximum Gasteiger partial charge on any atom is 0.254 e. The standard InChI is InChI=1S/C14H24N4O2/c1-17-11-13(10-16-17)14(19)15-9-12-3-5-18(6-4-12)7-8-20-2/h10-12H,3-9H2,1-2H3,(H,15,19). The number of hydrogen-bond donors (Lipinski definition) is 1. The van der Waals surface area contributed by atoms with Gasteiger partial charge in [-0.1, -0.05) is 0 Å². The SMILES string of the molecule is COCCN1CCC(CNC(=O)c2cnn(C)c2)CC1. The molecule has 0 atom stereocenters. The number of likely N-dealkylation sites (tertiary alicyclic amines) is 1. The summed E-state index contributed by atoms with van der Waals surface area (Å²) in [7, 11) is 3.55. The maximum absolute atomic E-state index is 11.9. The minimum atomic E-state index is -0.0279. The van der Waals surface area contributed by atoms with Crippen LogP contribution in [0.2, 0.25) is 0 Å². The number of piperidine rings is 1. The van der Waals surface area contributed by atoms with E-state index in [-0.39, 0.29) is 5.91 Å². The number of nitrogens with one attached hydrogen (secondary N) is 1. The van der Waals surface area contributed by atoms with Gasteiger partial charge < -0.3 is 15.0 Å². The number of nitrogens with zero attached hydrogens (tertiary/aromatic N) is 3. The summed E-state index contributed by atoms with van der Waals surface area (Å²) in [5.74, 6) is 0.550. The second-order valence-electron chi connectivity index (χ2n) is 5.39. The summed E-state index contributed by atoms with van der Waals surface area (Å²) in [6, 6.07) is 0. The molecule has 2 heterocycles. The van der Waals surface area contributed by atoms with E-state index in [1.807, 2.05) is 7.05 Å². The van der Waals surface area contributed by atoms with Crippen molar-refractivity contribution in [1.82, 2.24) is 20.0 Å². The van der Waals surface area contributed by atoms with Gasteiger partial charge in [-0.25, -0.2) is 0 Å². The summed E-state index contributed by atoms with van der Waals surface area (Å²) in [5, 5.41) is 7.01. The van der Waals surface area contributed by atoms with E-state index in [0.717, 1.165) is 45.6 Å². The first-order valence-corrected chi connectivity index (χ1v) is 7.17. The minimum Gasteiger partial charge on any atom is -0.383 e. The van der Waals surface area contributed by atoms with E-state index in [1.54, 1.807) is 24.2 Å². The topological polar surface area (TPSA) is 59.4 Å². The van der Waals surface area contributed by atoms with Crippen LogP contribution in [0.1, 0.15) is 23.2 Å². The molecule has 0 saturated carbocycles. The van der Waals surface area contributed by atoms with Gasteiger partial charge in [0.15, 0.2) is 0 Å². The van der Waals surface area contributed by atoms with Crippen LogP contribution in [0, 0.1) is 5.92 Å². The number of aryl methyl sites for hydroxylation is 1. The lowest BCUT2D eigenvalue weighted by atomic mass is 9.97. The summed E-state index contributed by atoms with van der Waals surface area (Å²) in [6.45, 7) is 4.74. The average molecular weight is 280 g/mol. The summed E-state index contributed by atoms with van der Waals surface area (Å²) in [6.07, 6.45) is 5.61. The number of methoxy groups -OCH3 is 1. The molecule has 2 rings (SSSR count). The third kappa shape index (κ3) is 4.31. The van der Waals surface area contributed by atoms with Gasteiger partial charge in [0.2, 0.25) is 0 Å². The molecule has 6 nitrogen and oxygen atoms in total. The fourth-order valence-electron chi connectivity index (χ4n) is 2.51. The molecular weight excluding hydrogens is 256 g/mol. The molecular formula is C14H24N4O2. The fraction of sp³-hybridized carbons (Fsp3) is 0.714. The van der Waals surface area contributed by atoms with Crippen molar-refractivity contribution in [3.05, 3.63) is 18.0 Å². The lowest BCUT2D eigenvalue weighted by Gasteiger charge is -2.31. The first kappa shape index (κ1) is 15.0. The highest BCUT2D eigenvalue weighted by atomic mass is 16.5. The molecule has 1 aromatic heterocycles. The van der Waals surface area contributed by atoms with Gasteiger partial charge in [0.25, 0.3) is 5.91 Å². The van der Waals surface area contributed by atoms with E-state index in [0.29, 0.717) is 11.5 Å². The summed E-state index contributed by atoms with van der Waals surface area (Å²) < 4.78 is 6.74. The summed E-state index contributed by atoms with van der Waals surface area (Å²) >= 11 is 0. The Hall–Kier alpha value is -1.40. The Morgan fingerprint density at radius 2 is 2.25 bits per heavy atom. The quantitative estimate of drug-likeness (QED) is 0.825. The first-order valence-electron chi connectivity index (χ1n) is 7.17. The monoisotopic (exact) mass is 280 g/mol. The molecule has 1 amide bonds. The highest BCUT2D eigenvalue weighted by Crippen LogP contribution is 2.16. The molecule has 1 N–H and O–H groups in total. The van der Waals surface area contributed by atoms with Crippen LogP contribution in [0.3, 0.4) is 0 Å². The molecule has 1 aromatic rings. The molecule has 1 saturated heterocycles. The van der Waals surface area contributed by atoms with Crippen LogP contribution < -0.4 is 5.32 Å². The highest BCUT2D eigenvalue weighted by molar-refractivity contribution is 5.93. The number of aromatic nitrogens is 2. The normalized spacial score (nSPS) is 17.3. The van der Waals surface area contributed by atoms with Gasteiger partial charge >= 0.3 is 0 Å². The van der Waals surface area contributed by atoms with Crippen LogP contribution in [-0.4, -0.2) is 60.5 Å². The fourth-order valence-corrected chi connectivity index (χ4v) is 2.51. The Bertz CT molecular complexity index is 425. The smallest absolute Gasteiger partial charge is 0.254 e. The van der Waals surface area contributed by atoms with E-state index in [1.165, 1.54) is 0 Å². The zero-order chi connectivity index (χ0) is 14.4. The largest absolute Gasteiger partial charge is 0.383 e. The maximum atomic E-state index is 11.9. The molecule has 0 radical (unpaired) electrons. The first-order chi connectivity index (χ1) is 9.69. The summed E-state index contributed by atoms with van der Waals surface area (Å²) in [4.78, 5) is 14.3. The Balaban J connectivity index is 1.67. The number of hydrogen-bond acceptors (Lipinski definition) is 4. The van der Waals surface area contributed by atoms with Crippen LogP contribution in [0.25, 0.3) is 0 Å². The van der Waals surface area contributed by atoms with Crippen molar-refractivity contribution in [3.63, 3.8) is 0 Å². The molecule has 1 aliphatic rings. The third-order valence-corrected chi connectivity index (χ3v) is 3.84. The predicted octanol–water partition coefficient (Wildman–Crippen LogP) is 0.508. The van der Waals surface area contributed by atoms with Gasteiger partial charge in [-0.05, 0) is 31.8 Å². The molecule has 0 spiro atoms. The zero-order valence-electron chi connectivity index (χ0n) is 12.3. The van der Waals surface area contributed by atoms with E-state index in [9.17, 15) is 4.79 Å². The van der Waals surface area contributed by atoms with Crippen molar-refractivity contribution in [2.75, 3.05) is 39.9 Å². The Labute approximate surface area is 120 Å². The van der Waals surface area contributed by atoms with E-state index >= 15 is 0 Å². The zero-order valence-corrected chi connectivity index (χ0v) is 12.3. The molecule has 0 aliphatic carbocycles. The van der Waals surface area contributed by atoms with E-state index in [4.69, 9.17) is 4.74 Å². The van der Waals surface area contributed by atoms with Crippen molar-refractivity contribution >= 4 is 5.91 Å². The molecule has 0 unspecified atom stereocenters. The molecule has 1 fully saturated rings. The minimum absolute atomic E-state index is 0.0279. The predicted molar refractivity (Wildman–Crippen MR) is 76.6 cm³/mol. The molecule has 0 aromatic carbocycles. The van der Waals surface area contributed by atoms with Gasteiger partial charge in [0, 0.05) is 33.4 Å². The lowest BCUT2D eigenvalue weighted by Crippen LogP contribution is -2.39. The molecule has 0 bridgehead atoms. The Kier molecular flexibility index (Phi) is 5.55. The van der Waals surface area contributed by atoms with Crippen LogP contribution in [-0.2, 0) is 11.8 Å². The van der Waals surface area contributed by atoms with Crippen molar-refractivity contribution in [2.24, 2.45) is 13.0 Å². The van der Waals surface area contributed by atoms with Gasteiger partial charge in [-0.15, -0.1) is 0 Å². The average Bonchev–Trinajstić information content (AvgIpc) is 2.90. The number of amides is 1.